The third-order valence-electron chi connectivity index (χ3n) is 2.50. The number of hydrogen-bond donors (Lipinski definition) is 0. The lowest BCUT2D eigenvalue weighted by Gasteiger charge is -1.99. The van der Waals surface area contributed by atoms with E-state index in [9.17, 15) is 9.59 Å². The minimum absolute atomic E-state index is 0.142. The maximum absolute atomic E-state index is 10.7. The third kappa shape index (κ3) is 7.06. The van der Waals surface area contributed by atoms with Gasteiger partial charge in [-0.15, -0.1) is 0 Å². The highest BCUT2D eigenvalue weighted by Gasteiger charge is 2.25. The fourth-order valence-electron chi connectivity index (χ4n) is 1.14. The van der Waals surface area contributed by atoms with Crippen LogP contribution in [0.3, 0.4) is 0 Å². The molecule has 0 aromatic rings. The molecule has 0 N–H and O–H groups in total. The van der Waals surface area contributed by atoms with E-state index in [-0.39, 0.29) is 24.1 Å². The summed E-state index contributed by atoms with van der Waals surface area (Å²) in [7, 11) is 1.35. The Bertz CT molecular complexity index is 390. The quantitative estimate of drug-likeness (QED) is 0.411. The molecule has 0 radical (unpaired) electrons. The normalized spacial score (nSPS) is 21.9. The molecule has 0 aromatic heterocycles. The van der Waals surface area contributed by atoms with Gasteiger partial charge in [-0.2, -0.15) is 0 Å². The lowest BCUT2D eigenvalue weighted by Crippen LogP contribution is -2.09. The number of epoxide rings is 2. The van der Waals surface area contributed by atoms with Gasteiger partial charge in [0.25, 0.3) is 0 Å². The number of rotatable bonds is 6. The Morgan fingerprint density at radius 3 is 2.10 bits per heavy atom. The molecular weight excluding hydrogens is 264 g/mol. The lowest BCUT2D eigenvalue weighted by atomic mass is 10.2. The maximum Gasteiger partial charge on any atom is 0.333 e. The van der Waals surface area contributed by atoms with Gasteiger partial charge < -0.3 is 18.9 Å². The topological polar surface area (TPSA) is 77.7 Å². The van der Waals surface area contributed by atoms with E-state index in [4.69, 9.17) is 14.2 Å². The number of methoxy groups -OCH3 is 1. The van der Waals surface area contributed by atoms with E-state index < -0.39 is 0 Å². The van der Waals surface area contributed by atoms with Crippen LogP contribution in [0.4, 0.5) is 0 Å². The number of carbonyl (C=O) groups is 2. The molecule has 2 saturated heterocycles. The molecule has 2 aliphatic heterocycles. The maximum atomic E-state index is 10.7. The molecule has 6 nitrogen and oxygen atoms in total. The Kier molecular flexibility index (Phi) is 6.41. The molecule has 0 saturated carbocycles. The van der Waals surface area contributed by atoms with Crippen molar-refractivity contribution in [2.75, 3.05) is 26.9 Å². The Hall–Kier alpha value is -1.66. The van der Waals surface area contributed by atoms with Gasteiger partial charge in [0.2, 0.25) is 0 Å². The predicted octanol–water partition coefficient (Wildman–Crippen LogP) is 1.01. The Balaban J connectivity index is 0.000000200. The van der Waals surface area contributed by atoms with Gasteiger partial charge in [0.1, 0.15) is 12.7 Å². The van der Waals surface area contributed by atoms with Crippen LogP contribution in [0.1, 0.15) is 13.3 Å². The second-order valence-electron chi connectivity index (χ2n) is 4.59. The van der Waals surface area contributed by atoms with Gasteiger partial charge in [-0.1, -0.05) is 13.2 Å². The molecule has 0 spiro atoms. The number of carbonyl (C=O) groups excluding carboxylic acids is 2. The number of esters is 2. The van der Waals surface area contributed by atoms with Crippen LogP contribution in [0, 0.1) is 0 Å². The second-order valence-corrected chi connectivity index (χ2v) is 4.59. The van der Waals surface area contributed by atoms with Gasteiger partial charge >= 0.3 is 11.9 Å². The molecule has 2 heterocycles. The van der Waals surface area contributed by atoms with Crippen molar-refractivity contribution < 1.29 is 28.5 Å². The van der Waals surface area contributed by atoms with Crippen molar-refractivity contribution in [2.24, 2.45) is 0 Å². The van der Waals surface area contributed by atoms with E-state index in [1.165, 1.54) is 7.11 Å². The molecule has 20 heavy (non-hydrogen) atoms. The minimum Gasteiger partial charge on any atom is -0.466 e. The van der Waals surface area contributed by atoms with Crippen molar-refractivity contribution in [1.82, 2.24) is 0 Å². The highest BCUT2D eigenvalue weighted by Crippen LogP contribution is 2.18. The van der Waals surface area contributed by atoms with E-state index in [1.807, 2.05) is 0 Å². The van der Waals surface area contributed by atoms with Crippen LogP contribution in [0.5, 0.6) is 0 Å². The van der Waals surface area contributed by atoms with Gasteiger partial charge in [0.15, 0.2) is 0 Å². The van der Waals surface area contributed by atoms with Gasteiger partial charge in [-0.05, 0) is 6.92 Å². The predicted molar refractivity (Wildman–Crippen MR) is 71.0 cm³/mol. The lowest BCUT2D eigenvalue weighted by molar-refractivity contribution is -0.139. The summed E-state index contributed by atoms with van der Waals surface area (Å²) in [4.78, 5) is 21.4. The molecule has 0 aliphatic carbocycles. The van der Waals surface area contributed by atoms with Crippen LogP contribution in [-0.4, -0.2) is 51.1 Å². The second kappa shape index (κ2) is 7.81. The van der Waals surface area contributed by atoms with Crippen LogP contribution in [0.25, 0.3) is 0 Å². The van der Waals surface area contributed by atoms with Gasteiger partial charge in [0, 0.05) is 17.6 Å². The van der Waals surface area contributed by atoms with Crippen molar-refractivity contribution in [3.05, 3.63) is 24.3 Å². The van der Waals surface area contributed by atoms with Crippen LogP contribution in [0.2, 0.25) is 0 Å². The van der Waals surface area contributed by atoms with Crippen molar-refractivity contribution in [1.29, 1.82) is 0 Å². The molecule has 0 bridgehead atoms. The Morgan fingerprint density at radius 2 is 1.70 bits per heavy atom. The monoisotopic (exact) mass is 284 g/mol. The first-order chi connectivity index (χ1) is 9.43. The Morgan fingerprint density at radius 1 is 1.15 bits per heavy atom. The smallest absolute Gasteiger partial charge is 0.333 e. The molecule has 0 amide bonds. The summed E-state index contributed by atoms with van der Waals surface area (Å²) in [5.41, 5.74) is 0.922. The highest BCUT2D eigenvalue weighted by atomic mass is 16.6. The first-order valence-electron chi connectivity index (χ1n) is 6.26. The average molecular weight is 284 g/mol. The molecule has 2 fully saturated rings. The molecule has 112 valence electrons. The summed E-state index contributed by atoms with van der Waals surface area (Å²) in [6, 6.07) is 0. The summed E-state index contributed by atoms with van der Waals surface area (Å²) >= 11 is 0. The number of ether oxygens (including phenoxy) is 4. The van der Waals surface area contributed by atoms with Crippen molar-refractivity contribution in [3.63, 3.8) is 0 Å². The summed E-state index contributed by atoms with van der Waals surface area (Å²) in [5, 5.41) is 0. The molecule has 2 atom stereocenters. The van der Waals surface area contributed by atoms with Gasteiger partial charge in [-0.25, -0.2) is 9.59 Å². The zero-order valence-electron chi connectivity index (χ0n) is 11.8. The van der Waals surface area contributed by atoms with Crippen molar-refractivity contribution in [3.8, 4) is 0 Å². The fraction of sp³-hybridized carbons (Fsp3) is 0.571. The van der Waals surface area contributed by atoms with Crippen LogP contribution in [-0.2, 0) is 28.5 Å². The zero-order valence-corrected chi connectivity index (χ0v) is 11.8. The summed E-state index contributed by atoms with van der Waals surface area (Å²) in [5.74, 6) is -0.675. The van der Waals surface area contributed by atoms with Gasteiger partial charge in [-0.3, -0.25) is 0 Å². The largest absolute Gasteiger partial charge is 0.466 e. The zero-order chi connectivity index (χ0) is 15.1. The van der Waals surface area contributed by atoms with E-state index in [2.05, 4.69) is 17.9 Å². The first kappa shape index (κ1) is 16.4. The van der Waals surface area contributed by atoms with Crippen LogP contribution >= 0.6 is 0 Å². The summed E-state index contributed by atoms with van der Waals surface area (Å²) < 4.78 is 18.9. The summed E-state index contributed by atoms with van der Waals surface area (Å²) in [6.07, 6.45) is 0.960. The average Bonchev–Trinajstić information content (AvgIpc) is 3.29. The minimum atomic E-state index is -0.337. The molecule has 2 rings (SSSR count). The van der Waals surface area contributed by atoms with Gasteiger partial charge in [0.05, 0.1) is 26.4 Å². The summed E-state index contributed by atoms with van der Waals surface area (Å²) in [6.45, 7) is 10.4. The highest BCUT2D eigenvalue weighted by molar-refractivity contribution is 5.87. The van der Waals surface area contributed by atoms with Crippen LogP contribution < -0.4 is 0 Å². The third-order valence-corrected chi connectivity index (χ3v) is 2.50. The van der Waals surface area contributed by atoms with E-state index in [0.29, 0.717) is 30.8 Å². The van der Waals surface area contributed by atoms with Crippen molar-refractivity contribution >= 4 is 11.9 Å². The van der Waals surface area contributed by atoms with Crippen LogP contribution in [0.15, 0.2) is 24.3 Å². The standard InChI is InChI=1S/2C7H10O3/c1-5(7(8)9-2)3-6-4-10-6;1-5(2)7(8)10-4-6-3-9-6/h2*6H,1,3-4H2,2H3. The van der Waals surface area contributed by atoms with E-state index in [1.54, 1.807) is 6.92 Å². The van der Waals surface area contributed by atoms with E-state index >= 15 is 0 Å². The fourth-order valence-corrected chi connectivity index (χ4v) is 1.14. The molecule has 2 unspecified atom stereocenters. The Labute approximate surface area is 118 Å². The SMILES string of the molecule is C=C(C)C(=O)OCC1CO1.C=C(CC1CO1)C(=O)OC. The number of hydrogen-bond acceptors (Lipinski definition) is 6. The van der Waals surface area contributed by atoms with E-state index in [0.717, 1.165) is 6.61 Å². The molecular formula is C14H20O6. The first-order valence-corrected chi connectivity index (χ1v) is 6.26. The molecule has 6 heteroatoms. The molecule has 2 aliphatic rings. The van der Waals surface area contributed by atoms with Crippen molar-refractivity contribution in [2.45, 2.75) is 25.6 Å². The molecule has 0 aromatic carbocycles.